The van der Waals surface area contributed by atoms with Crippen molar-refractivity contribution >= 4 is 46.9 Å². The van der Waals surface area contributed by atoms with Gasteiger partial charge in [0.2, 0.25) is 0 Å². The summed E-state index contributed by atoms with van der Waals surface area (Å²) in [5, 5.41) is 7.07. The Labute approximate surface area is 219 Å². The lowest BCUT2D eigenvalue weighted by molar-refractivity contribution is -0.118. The topological polar surface area (TPSA) is 98.3 Å². The van der Waals surface area contributed by atoms with E-state index in [1.165, 1.54) is 13.3 Å². The molecule has 2 N–H and O–H groups in total. The Balaban J connectivity index is 1.59. The SMILES string of the molecule is CCOc1cc(C(=O)N/N=C/c2cc(Cl)c(OCC(=O)Nc3ccc(C)cc3)c(Cl)c2)ccc1OC. The molecule has 0 fully saturated rings. The molecule has 188 valence electrons. The Morgan fingerprint density at radius 1 is 0.972 bits per heavy atom. The van der Waals surface area contributed by atoms with Crippen molar-refractivity contribution in [2.75, 3.05) is 25.6 Å². The van der Waals surface area contributed by atoms with Gasteiger partial charge in [-0.1, -0.05) is 40.9 Å². The van der Waals surface area contributed by atoms with E-state index in [4.69, 9.17) is 37.4 Å². The number of nitrogens with zero attached hydrogens (tertiary/aromatic N) is 1. The van der Waals surface area contributed by atoms with Crippen molar-refractivity contribution in [1.82, 2.24) is 5.43 Å². The van der Waals surface area contributed by atoms with Crippen LogP contribution < -0.4 is 25.0 Å². The van der Waals surface area contributed by atoms with Gasteiger partial charge in [0.1, 0.15) is 0 Å². The summed E-state index contributed by atoms with van der Waals surface area (Å²) in [6.07, 6.45) is 1.39. The molecular formula is C26H25Cl2N3O5. The van der Waals surface area contributed by atoms with Gasteiger partial charge in [0.05, 0.1) is 30.0 Å². The molecule has 0 atom stereocenters. The van der Waals surface area contributed by atoms with Crippen LogP contribution in [0.25, 0.3) is 0 Å². The van der Waals surface area contributed by atoms with Gasteiger partial charge in [-0.15, -0.1) is 0 Å². The number of hydrogen-bond donors (Lipinski definition) is 2. The first-order valence-corrected chi connectivity index (χ1v) is 11.7. The number of nitrogens with one attached hydrogen (secondary N) is 2. The Morgan fingerprint density at radius 3 is 2.31 bits per heavy atom. The van der Waals surface area contributed by atoms with Crippen LogP contribution in [0.1, 0.15) is 28.4 Å². The summed E-state index contributed by atoms with van der Waals surface area (Å²) >= 11 is 12.6. The summed E-state index contributed by atoms with van der Waals surface area (Å²) in [4.78, 5) is 24.6. The fourth-order valence-corrected chi connectivity index (χ4v) is 3.69. The van der Waals surface area contributed by atoms with Crippen LogP contribution in [0.5, 0.6) is 17.2 Å². The Bertz CT molecular complexity index is 1240. The van der Waals surface area contributed by atoms with E-state index in [0.29, 0.717) is 34.9 Å². The predicted molar refractivity (Wildman–Crippen MR) is 141 cm³/mol. The van der Waals surface area contributed by atoms with Gasteiger partial charge in [0.15, 0.2) is 23.9 Å². The van der Waals surface area contributed by atoms with Crippen LogP contribution in [-0.4, -0.2) is 38.4 Å². The highest BCUT2D eigenvalue weighted by Gasteiger charge is 2.13. The summed E-state index contributed by atoms with van der Waals surface area (Å²) in [5.41, 5.74) is 5.05. The molecule has 0 saturated heterocycles. The van der Waals surface area contributed by atoms with Crippen molar-refractivity contribution in [2.45, 2.75) is 13.8 Å². The number of rotatable bonds is 10. The van der Waals surface area contributed by atoms with Crippen LogP contribution in [0.3, 0.4) is 0 Å². The number of hydrazone groups is 1. The number of amides is 2. The van der Waals surface area contributed by atoms with Crippen LogP contribution in [0.2, 0.25) is 10.0 Å². The van der Waals surface area contributed by atoms with Crippen LogP contribution in [0.4, 0.5) is 5.69 Å². The molecule has 3 aromatic rings. The van der Waals surface area contributed by atoms with Crippen LogP contribution >= 0.6 is 23.2 Å². The van der Waals surface area contributed by atoms with E-state index in [1.807, 2.05) is 26.0 Å². The van der Waals surface area contributed by atoms with Gasteiger partial charge in [0.25, 0.3) is 11.8 Å². The second kappa shape index (κ2) is 12.8. The average Bonchev–Trinajstić information content (AvgIpc) is 2.85. The summed E-state index contributed by atoms with van der Waals surface area (Å²) < 4.78 is 16.2. The van der Waals surface area contributed by atoms with E-state index in [2.05, 4.69) is 15.8 Å². The first kappa shape index (κ1) is 26.8. The quantitative estimate of drug-likeness (QED) is 0.267. The van der Waals surface area contributed by atoms with Crippen molar-refractivity contribution in [1.29, 1.82) is 0 Å². The molecule has 0 aliphatic heterocycles. The monoisotopic (exact) mass is 529 g/mol. The van der Waals surface area contributed by atoms with Crippen molar-refractivity contribution in [2.24, 2.45) is 5.10 Å². The Kier molecular flexibility index (Phi) is 9.55. The van der Waals surface area contributed by atoms with Gasteiger partial charge < -0.3 is 19.5 Å². The fraction of sp³-hybridized carbons (Fsp3) is 0.192. The number of aryl methyl sites for hydroxylation is 1. The molecule has 0 aromatic heterocycles. The molecule has 36 heavy (non-hydrogen) atoms. The first-order chi connectivity index (χ1) is 17.3. The fourth-order valence-electron chi connectivity index (χ4n) is 3.08. The first-order valence-electron chi connectivity index (χ1n) is 10.9. The number of carbonyl (C=O) groups excluding carboxylic acids is 2. The van der Waals surface area contributed by atoms with Crippen molar-refractivity contribution < 1.29 is 23.8 Å². The van der Waals surface area contributed by atoms with Gasteiger partial charge in [-0.05, 0) is 61.9 Å². The van der Waals surface area contributed by atoms with Gasteiger partial charge in [-0.2, -0.15) is 5.10 Å². The molecule has 8 nitrogen and oxygen atoms in total. The van der Waals surface area contributed by atoms with E-state index in [-0.39, 0.29) is 28.3 Å². The molecule has 0 spiro atoms. The maximum absolute atomic E-state index is 12.4. The minimum atomic E-state index is -0.438. The van der Waals surface area contributed by atoms with Crippen molar-refractivity contribution in [3.8, 4) is 17.2 Å². The summed E-state index contributed by atoms with van der Waals surface area (Å²) in [6, 6.07) is 15.3. The molecule has 2 amide bonds. The van der Waals surface area contributed by atoms with Crippen LogP contribution in [0.15, 0.2) is 59.7 Å². The van der Waals surface area contributed by atoms with Gasteiger partial charge in [-0.3, -0.25) is 9.59 Å². The predicted octanol–water partition coefficient (Wildman–Crippen LogP) is 5.49. The molecule has 0 aliphatic carbocycles. The largest absolute Gasteiger partial charge is 0.493 e. The van der Waals surface area contributed by atoms with Gasteiger partial charge in [-0.25, -0.2) is 5.43 Å². The molecule has 3 aromatic carbocycles. The van der Waals surface area contributed by atoms with Crippen molar-refractivity contribution in [3.05, 3.63) is 81.3 Å². The van der Waals surface area contributed by atoms with E-state index < -0.39 is 5.91 Å². The smallest absolute Gasteiger partial charge is 0.271 e. The maximum Gasteiger partial charge on any atom is 0.271 e. The number of ether oxygens (including phenoxy) is 3. The third-order valence-electron chi connectivity index (χ3n) is 4.81. The third kappa shape index (κ3) is 7.37. The average molecular weight is 530 g/mol. The lowest BCUT2D eigenvalue weighted by Gasteiger charge is -2.11. The molecule has 10 heteroatoms. The molecule has 3 rings (SSSR count). The van der Waals surface area contributed by atoms with Gasteiger partial charge in [0, 0.05) is 11.3 Å². The molecule has 0 bridgehead atoms. The third-order valence-corrected chi connectivity index (χ3v) is 5.37. The number of halogens is 2. The molecule has 0 saturated carbocycles. The normalized spacial score (nSPS) is 10.7. The Hall–Kier alpha value is -3.75. The highest BCUT2D eigenvalue weighted by molar-refractivity contribution is 6.37. The van der Waals surface area contributed by atoms with Crippen LogP contribution in [-0.2, 0) is 4.79 Å². The second-order valence-electron chi connectivity index (χ2n) is 7.51. The highest BCUT2D eigenvalue weighted by Crippen LogP contribution is 2.34. The molecule has 0 heterocycles. The number of benzene rings is 3. The number of anilines is 1. The zero-order valence-electron chi connectivity index (χ0n) is 19.9. The van der Waals surface area contributed by atoms with E-state index in [0.717, 1.165) is 5.56 Å². The van der Waals surface area contributed by atoms with E-state index >= 15 is 0 Å². The molecule has 0 aliphatic rings. The summed E-state index contributed by atoms with van der Waals surface area (Å²) in [5.74, 6) is 0.353. The van der Waals surface area contributed by atoms with Crippen LogP contribution in [0, 0.1) is 6.92 Å². The number of hydrogen-bond acceptors (Lipinski definition) is 6. The minimum Gasteiger partial charge on any atom is -0.493 e. The number of methoxy groups -OCH3 is 1. The maximum atomic E-state index is 12.4. The molecule has 0 unspecified atom stereocenters. The minimum absolute atomic E-state index is 0.167. The standard InChI is InChI=1S/C26H25Cl2N3O5/c1-4-35-23-13-18(7-10-22(23)34-3)26(33)31-29-14-17-11-20(27)25(21(28)12-17)36-15-24(32)30-19-8-5-16(2)6-9-19/h5-14H,4,15H2,1-3H3,(H,30,32)(H,31,33)/b29-14+. The van der Waals surface area contributed by atoms with Gasteiger partial charge >= 0.3 is 0 Å². The summed E-state index contributed by atoms with van der Waals surface area (Å²) in [7, 11) is 1.52. The molecule has 0 radical (unpaired) electrons. The lowest BCUT2D eigenvalue weighted by Crippen LogP contribution is -2.20. The zero-order valence-corrected chi connectivity index (χ0v) is 21.4. The second-order valence-corrected chi connectivity index (χ2v) is 8.33. The van der Waals surface area contributed by atoms with E-state index in [9.17, 15) is 9.59 Å². The number of carbonyl (C=O) groups is 2. The molecular weight excluding hydrogens is 505 g/mol. The zero-order chi connectivity index (χ0) is 26.1. The summed E-state index contributed by atoms with van der Waals surface area (Å²) in [6.45, 7) is 3.95. The highest BCUT2D eigenvalue weighted by atomic mass is 35.5. The van der Waals surface area contributed by atoms with E-state index in [1.54, 1.807) is 42.5 Å². The lowest BCUT2D eigenvalue weighted by atomic mass is 10.2. The Morgan fingerprint density at radius 2 is 1.67 bits per heavy atom. The van der Waals surface area contributed by atoms with Crippen molar-refractivity contribution in [3.63, 3.8) is 0 Å².